The molecule has 0 fully saturated rings. The minimum atomic E-state index is -0.532. The highest BCUT2D eigenvalue weighted by Gasteiger charge is 2.41. The smallest absolute Gasteiger partial charge is 0.269 e. The molecule has 0 aliphatic carbocycles. The summed E-state index contributed by atoms with van der Waals surface area (Å²) in [5, 5.41) is 2.41. The van der Waals surface area contributed by atoms with Crippen molar-refractivity contribution in [3.8, 4) is 28.7 Å². The second-order valence-electron chi connectivity index (χ2n) is 28.1. The Labute approximate surface area is 478 Å². The summed E-state index contributed by atoms with van der Waals surface area (Å²) in [5.41, 5.74) is 14.3. The van der Waals surface area contributed by atoms with E-state index in [0.717, 1.165) is 56.7 Å². The Morgan fingerprint density at radius 3 is 1.50 bits per heavy atom. The third kappa shape index (κ3) is 10.3. The van der Waals surface area contributed by atoms with E-state index in [-0.39, 0.29) is 27.1 Å². The van der Waals surface area contributed by atoms with Crippen LogP contribution in [-0.4, -0.2) is 14.1 Å². The maximum atomic E-state index is 7.43. The monoisotopic (exact) mass is 1060 g/mol. The number of fused-ring (bicyclic) bond motifs is 3. The molecule has 0 saturated carbocycles. The number of hydrogen-bond donors (Lipinski definition) is 0. The van der Waals surface area contributed by atoms with Crippen LogP contribution < -0.4 is 9.30 Å². The van der Waals surface area contributed by atoms with Crippen LogP contribution in [0.3, 0.4) is 0 Å². The Balaban J connectivity index is 1.28. The standard InChI is InChI=1S/C75H84N4O/c1-69(2,3)53-38-39-76-65(45-53)79-63-37-29-28-36-61(63)66-62(72(10,11)12)47-60(48-64(66)79)80-59-44-55(71(7,8)9)42-58(46-59)78-49-77(57-41-54(70(4,5)6)40-56(43-57)73(13,14)50-30-22-19-23-31-50)67(74(15,16)51-32-24-20-25-33-51)68(78)75(17,18)52-34-26-21-27-35-52/h19-48H,1-18H3. The number of nitrogens with zero attached hydrogens (tertiary/aromatic N) is 4. The van der Waals surface area contributed by atoms with Gasteiger partial charge in [-0.3, -0.25) is 13.7 Å². The molecule has 3 aromatic heterocycles. The van der Waals surface area contributed by atoms with Gasteiger partial charge in [-0.15, -0.1) is 0 Å². The van der Waals surface area contributed by atoms with E-state index in [0.29, 0.717) is 0 Å². The largest absolute Gasteiger partial charge is 0.458 e. The van der Waals surface area contributed by atoms with Gasteiger partial charge in [-0.05, 0) is 121 Å². The predicted octanol–water partition coefficient (Wildman–Crippen LogP) is 19.0. The van der Waals surface area contributed by atoms with Crippen molar-refractivity contribution in [1.29, 1.82) is 0 Å². The number of rotatable bonds is 11. The van der Waals surface area contributed by atoms with Crippen LogP contribution in [0.1, 0.15) is 181 Å². The van der Waals surface area contributed by atoms with Gasteiger partial charge in [0.15, 0.2) is 0 Å². The summed E-state index contributed by atoms with van der Waals surface area (Å²) in [6, 6.07) is 64.7. The van der Waals surface area contributed by atoms with Crippen molar-refractivity contribution in [2.75, 3.05) is 0 Å². The van der Waals surface area contributed by atoms with Crippen LogP contribution in [0.4, 0.5) is 0 Å². The zero-order valence-electron chi connectivity index (χ0n) is 51.0. The minimum absolute atomic E-state index is 0.0551. The molecule has 0 bridgehead atoms. The van der Waals surface area contributed by atoms with Crippen LogP contribution in [0, 0.1) is 6.33 Å². The van der Waals surface area contributed by atoms with E-state index in [2.05, 4.69) is 321 Å². The lowest BCUT2D eigenvalue weighted by Gasteiger charge is -2.35. The van der Waals surface area contributed by atoms with Crippen molar-refractivity contribution in [2.24, 2.45) is 0 Å². The second kappa shape index (κ2) is 19.9. The van der Waals surface area contributed by atoms with E-state index >= 15 is 0 Å². The number of hydrogen-bond acceptors (Lipinski definition) is 2. The van der Waals surface area contributed by atoms with Gasteiger partial charge in [0.05, 0.1) is 33.8 Å². The van der Waals surface area contributed by atoms with Crippen molar-refractivity contribution in [2.45, 2.75) is 163 Å². The molecule has 0 unspecified atom stereocenters. The lowest BCUT2D eigenvalue weighted by atomic mass is 9.72. The van der Waals surface area contributed by atoms with Crippen LogP contribution in [0.2, 0.25) is 0 Å². The zero-order chi connectivity index (χ0) is 57.5. The summed E-state index contributed by atoms with van der Waals surface area (Å²) in [4.78, 5) is 5.06. The first-order valence-electron chi connectivity index (χ1n) is 28.8. The van der Waals surface area contributed by atoms with Gasteiger partial charge < -0.3 is 4.74 Å². The van der Waals surface area contributed by atoms with Gasteiger partial charge in [0.25, 0.3) is 6.33 Å². The van der Waals surface area contributed by atoms with Crippen molar-refractivity contribution < 1.29 is 9.30 Å². The molecule has 80 heavy (non-hydrogen) atoms. The fraction of sp³-hybridized carbons (Fsp3) is 0.333. The summed E-state index contributed by atoms with van der Waals surface area (Å²) in [6.45, 7) is 41.8. The minimum Gasteiger partial charge on any atom is -0.458 e. The normalized spacial score (nSPS) is 13.1. The van der Waals surface area contributed by atoms with Gasteiger partial charge in [0.2, 0.25) is 0 Å². The molecule has 0 saturated heterocycles. The lowest BCUT2D eigenvalue weighted by molar-refractivity contribution is -0.611. The van der Waals surface area contributed by atoms with Crippen LogP contribution >= 0.6 is 0 Å². The molecule has 5 heteroatoms. The molecule has 0 atom stereocenters. The van der Waals surface area contributed by atoms with Gasteiger partial charge in [-0.25, -0.2) is 4.98 Å². The Kier molecular flexibility index (Phi) is 13.9. The van der Waals surface area contributed by atoms with Gasteiger partial charge in [0.1, 0.15) is 17.3 Å². The highest BCUT2D eigenvalue weighted by molar-refractivity contribution is 6.11. The van der Waals surface area contributed by atoms with Crippen molar-refractivity contribution in [3.05, 3.63) is 244 Å². The molecule has 0 radical (unpaired) electrons. The van der Waals surface area contributed by atoms with E-state index in [1.165, 1.54) is 49.7 Å². The molecular weight excluding hydrogens is 973 g/mol. The quantitative estimate of drug-likeness (QED) is 0.0956. The average molecular weight is 1060 g/mol. The molecule has 410 valence electrons. The summed E-state index contributed by atoms with van der Waals surface area (Å²) in [6.07, 6.45) is 6.13. The summed E-state index contributed by atoms with van der Waals surface area (Å²) < 4.78 is 14.5. The molecule has 0 aliphatic heterocycles. The average Bonchev–Trinajstić information content (AvgIpc) is 4.18. The fourth-order valence-electron chi connectivity index (χ4n) is 11.8. The molecule has 7 aromatic carbocycles. The van der Waals surface area contributed by atoms with Crippen molar-refractivity contribution in [1.82, 2.24) is 14.1 Å². The molecule has 0 amide bonds. The van der Waals surface area contributed by atoms with Gasteiger partial charge in [0, 0.05) is 39.3 Å². The molecule has 5 nitrogen and oxygen atoms in total. The van der Waals surface area contributed by atoms with Crippen molar-refractivity contribution in [3.63, 3.8) is 0 Å². The van der Waals surface area contributed by atoms with Crippen LogP contribution in [0.25, 0.3) is 39.0 Å². The van der Waals surface area contributed by atoms with Gasteiger partial charge in [-0.2, -0.15) is 0 Å². The third-order valence-corrected chi connectivity index (χ3v) is 17.0. The number of ether oxygens (including phenoxy) is 1. The van der Waals surface area contributed by atoms with Crippen LogP contribution in [0.15, 0.2) is 182 Å². The van der Waals surface area contributed by atoms with E-state index in [1.54, 1.807) is 0 Å². The Bertz CT molecular complexity index is 3900. The molecule has 3 heterocycles. The fourth-order valence-corrected chi connectivity index (χ4v) is 11.8. The highest BCUT2D eigenvalue weighted by Crippen LogP contribution is 2.46. The first-order chi connectivity index (χ1) is 37.5. The second-order valence-corrected chi connectivity index (χ2v) is 28.1. The first-order valence-corrected chi connectivity index (χ1v) is 28.8. The Morgan fingerprint density at radius 2 is 0.925 bits per heavy atom. The van der Waals surface area contributed by atoms with Crippen LogP contribution in [0.5, 0.6) is 11.5 Å². The predicted molar refractivity (Wildman–Crippen MR) is 335 cm³/mol. The van der Waals surface area contributed by atoms with Crippen LogP contribution in [-0.2, 0) is 37.9 Å². The number of aromatic nitrogens is 4. The number of para-hydroxylation sites is 1. The topological polar surface area (TPSA) is 35.9 Å². The molecule has 0 aliphatic rings. The SMILES string of the molecule is CC(C)(C)c1cc(Oc2cc(C(C)(C)C)c3c4ccccc4n(-c4cc(C(C)(C)C)ccn4)c3c2)cc(-n2[c-][n+](-c3cc(C(C)(C)C)cc(C(C)(C)c4ccccc4)c3)c(C(C)(C)c3ccccc3)c2C(C)(C)c2ccccc2)c1. The molecule has 0 N–H and O–H groups in total. The van der Waals surface area contributed by atoms with Gasteiger partial charge >= 0.3 is 0 Å². The Hall–Kier alpha value is -7.50. The lowest BCUT2D eigenvalue weighted by Crippen LogP contribution is -2.43. The third-order valence-electron chi connectivity index (χ3n) is 17.0. The molecule has 10 rings (SSSR count). The van der Waals surface area contributed by atoms with E-state index in [1.807, 2.05) is 6.20 Å². The summed E-state index contributed by atoms with van der Waals surface area (Å²) in [7, 11) is 0. The molecular formula is C75H84N4O. The zero-order valence-corrected chi connectivity index (χ0v) is 51.0. The first kappa shape index (κ1) is 55.8. The van der Waals surface area contributed by atoms with Gasteiger partial charge in [-0.1, -0.05) is 240 Å². The number of imidazole rings is 1. The Morgan fingerprint density at radius 1 is 0.412 bits per heavy atom. The van der Waals surface area contributed by atoms with Crippen molar-refractivity contribution >= 4 is 21.8 Å². The van der Waals surface area contributed by atoms with E-state index in [9.17, 15) is 0 Å². The summed E-state index contributed by atoms with van der Waals surface area (Å²) >= 11 is 0. The van der Waals surface area contributed by atoms with E-state index < -0.39 is 10.8 Å². The maximum Gasteiger partial charge on any atom is 0.269 e. The molecule has 10 aromatic rings. The highest BCUT2D eigenvalue weighted by atomic mass is 16.5. The molecule has 0 spiro atoms. The number of pyridine rings is 1. The number of benzene rings is 7. The summed E-state index contributed by atoms with van der Waals surface area (Å²) in [5.74, 6) is 2.41. The maximum absolute atomic E-state index is 7.43. The van der Waals surface area contributed by atoms with E-state index in [4.69, 9.17) is 9.72 Å².